The zero-order valence-electron chi connectivity index (χ0n) is 13.3. The Labute approximate surface area is 138 Å². The van der Waals surface area contributed by atoms with E-state index in [-0.39, 0.29) is 18.0 Å². The normalized spacial score (nSPS) is 10.8. The van der Waals surface area contributed by atoms with Crippen molar-refractivity contribution in [1.29, 1.82) is 0 Å². The molecule has 0 aliphatic heterocycles. The second-order valence-electron chi connectivity index (χ2n) is 5.52. The Bertz CT molecular complexity index is 881. The highest BCUT2D eigenvalue weighted by molar-refractivity contribution is 6.06. The van der Waals surface area contributed by atoms with Crippen LogP contribution in [0.25, 0.3) is 11.1 Å². The summed E-state index contributed by atoms with van der Waals surface area (Å²) >= 11 is 0. The highest BCUT2D eigenvalue weighted by atomic mass is 16.5. The van der Waals surface area contributed by atoms with Crippen molar-refractivity contribution in [3.63, 3.8) is 0 Å². The van der Waals surface area contributed by atoms with Gasteiger partial charge in [-0.05, 0) is 56.3 Å². The number of anilines is 1. The molecule has 3 aromatic rings. The summed E-state index contributed by atoms with van der Waals surface area (Å²) in [7, 11) is 0. The SMILES string of the molecule is CC(C)OC(=O)c1ccc(NC(=O)c2ccc3ocnc3c2)cc1. The maximum absolute atomic E-state index is 12.3. The molecule has 0 aliphatic carbocycles. The second-order valence-corrected chi connectivity index (χ2v) is 5.52. The van der Waals surface area contributed by atoms with E-state index in [9.17, 15) is 9.59 Å². The molecule has 0 aliphatic rings. The fourth-order valence-electron chi connectivity index (χ4n) is 2.17. The molecule has 0 saturated carbocycles. The number of nitrogens with one attached hydrogen (secondary N) is 1. The van der Waals surface area contributed by atoms with Crippen molar-refractivity contribution in [1.82, 2.24) is 4.98 Å². The Hall–Kier alpha value is -3.15. The standard InChI is InChI=1S/C18H16N2O4/c1-11(2)24-18(22)12-3-6-14(7-4-12)20-17(21)13-5-8-16-15(9-13)19-10-23-16/h3-11H,1-2H3,(H,20,21). The third-order valence-corrected chi connectivity index (χ3v) is 3.31. The second kappa shape index (κ2) is 6.54. The summed E-state index contributed by atoms with van der Waals surface area (Å²) in [6, 6.07) is 11.6. The molecule has 0 spiro atoms. The van der Waals surface area contributed by atoms with Gasteiger partial charge < -0.3 is 14.5 Å². The van der Waals surface area contributed by atoms with Gasteiger partial charge in [0.15, 0.2) is 12.0 Å². The van der Waals surface area contributed by atoms with Crippen LogP contribution in [0.15, 0.2) is 53.3 Å². The summed E-state index contributed by atoms with van der Waals surface area (Å²) in [5.74, 6) is -0.656. The number of aromatic nitrogens is 1. The number of hydrogen-bond donors (Lipinski definition) is 1. The van der Waals surface area contributed by atoms with Crippen molar-refractivity contribution >= 4 is 28.7 Å². The van der Waals surface area contributed by atoms with Gasteiger partial charge in [-0.3, -0.25) is 4.79 Å². The lowest BCUT2D eigenvalue weighted by Crippen LogP contribution is -2.13. The fraction of sp³-hybridized carbons (Fsp3) is 0.167. The van der Waals surface area contributed by atoms with Gasteiger partial charge in [0.1, 0.15) is 5.52 Å². The number of benzene rings is 2. The van der Waals surface area contributed by atoms with Crippen LogP contribution in [0.3, 0.4) is 0 Å². The van der Waals surface area contributed by atoms with Crippen LogP contribution in [0.2, 0.25) is 0 Å². The predicted octanol–water partition coefficient (Wildman–Crippen LogP) is 3.65. The lowest BCUT2D eigenvalue weighted by Gasteiger charge is -2.09. The zero-order valence-corrected chi connectivity index (χ0v) is 13.3. The fourth-order valence-corrected chi connectivity index (χ4v) is 2.17. The van der Waals surface area contributed by atoms with Crippen LogP contribution in [0.5, 0.6) is 0 Å². The minimum absolute atomic E-state index is 0.177. The van der Waals surface area contributed by atoms with Crippen molar-refractivity contribution in [2.75, 3.05) is 5.32 Å². The summed E-state index contributed by atoms with van der Waals surface area (Å²) in [5, 5.41) is 2.77. The number of nitrogens with zero attached hydrogens (tertiary/aromatic N) is 1. The summed E-state index contributed by atoms with van der Waals surface area (Å²) in [4.78, 5) is 28.1. The third-order valence-electron chi connectivity index (χ3n) is 3.31. The number of carbonyl (C=O) groups is 2. The van der Waals surface area contributed by atoms with Crippen molar-refractivity contribution < 1.29 is 18.7 Å². The number of ether oxygens (including phenoxy) is 1. The number of amides is 1. The minimum Gasteiger partial charge on any atom is -0.459 e. The Morgan fingerprint density at radius 3 is 2.50 bits per heavy atom. The van der Waals surface area contributed by atoms with Gasteiger partial charge >= 0.3 is 5.97 Å². The molecular weight excluding hydrogens is 308 g/mol. The van der Waals surface area contributed by atoms with E-state index in [4.69, 9.17) is 9.15 Å². The number of oxazole rings is 1. The van der Waals surface area contributed by atoms with Gasteiger partial charge in [-0.1, -0.05) is 0 Å². The predicted molar refractivity (Wildman–Crippen MR) is 89.0 cm³/mol. The molecule has 0 saturated heterocycles. The molecule has 6 nitrogen and oxygen atoms in total. The van der Waals surface area contributed by atoms with Gasteiger partial charge in [0.05, 0.1) is 11.7 Å². The number of fused-ring (bicyclic) bond motifs is 1. The number of rotatable bonds is 4. The maximum atomic E-state index is 12.3. The Kier molecular flexibility index (Phi) is 4.29. The molecule has 2 aromatic carbocycles. The highest BCUT2D eigenvalue weighted by Gasteiger charge is 2.11. The highest BCUT2D eigenvalue weighted by Crippen LogP contribution is 2.16. The first-order valence-electron chi connectivity index (χ1n) is 7.48. The Balaban J connectivity index is 1.71. The smallest absolute Gasteiger partial charge is 0.338 e. The van der Waals surface area contributed by atoms with Gasteiger partial charge in [0.2, 0.25) is 0 Å². The summed E-state index contributed by atoms with van der Waals surface area (Å²) in [5.41, 5.74) is 2.74. The van der Waals surface area contributed by atoms with Crippen LogP contribution in [-0.2, 0) is 4.74 Å². The van der Waals surface area contributed by atoms with Crippen LogP contribution in [-0.4, -0.2) is 23.0 Å². The molecule has 122 valence electrons. The molecule has 3 rings (SSSR count). The molecule has 0 unspecified atom stereocenters. The van der Waals surface area contributed by atoms with E-state index in [1.165, 1.54) is 6.39 Å². The molecule has 24 heavy (non-hydrogen) atoms. The van der Waals surface area contributed by atoms with Gasteiger partial charge in [-0.25, -0.2) is 9.78 Å². The van der Waals surface area contributed by atoms with E-state index in [1.54, 1.807) is 56.3 Å². The zero-order chi connectivity index (χ0) is 17.1. The third kappa shape index (κ3) is 3.43. The summed E-state index contributed by atoms with van der Waals surface area (Å²) in [6.45, 7) is 3.58. The number of esters is 1. The molecule has 1 amide bonds. The first-order valence-corrected chi connectivity index (χ1v) is 7.48. The van der Waals surface area contributed by atoms with Crippen molar-refractivity contribution in [2.45, 2.75) is 20.0 Å². The Morgan fingerprint density at radius 1 is 1.08 bits per heavy atom. The molecule has 6 heteroatoms. The summed E-state index contributed by atoms with van der Waals surface area (Å²) in [6.07, 6.45) is 1.16. The van der Waals surface area contributed by atoms with E-state index in [2.05, 4.69) is 10.3 Å². The van der Waals surface area contributed by atoms with Crippen molar-refractivity contribution in [3.05, 3.63) is 60.0 Å². The maximum Gasteiger partial charge on any atom is 0.338 e. The van der Waals surface area contributed by atoms with E-state index >= 15 is 0 Å². The lowest BCUT2D eigenvalue weighted by atomic mass is 10.1. The Morgan fingerprint density at radius 2 is 1.79 bits per heavy atom. The largest absolute Gasteiger partial charge is 0.459 e. The van der Waals surface area contributed by atoms with Crippen LogP contribution in [0, 0.1) is 0 Å². The molecule has 0 atom stereocenters. The van der Waals surface area contributed by atoms with E-state index < -0.39 is 0 Å². The van der Waals surface area contributed by atoms with Crippen LogP contribution >= 0.6 is 0 Å². The lowest BCUT2D eigenvalue weighted by molar-refractivity contribution is 0.0378. The minimum atomic E-state index is -0.389. The number of carbonyl (C=O) groups excluding carboxylic acids is 2. The monoisotopic (exact) mass is 324 g/mol. The molecule has 0 radical (unpaired) electrons. The molecule has 0 bridgehead atoms. The van der Waals surface area contributed by atoms with Crippen molar-refractivity contribution in [3.8, 4) is 0 Å². The van der Waals surface area contributed by atoms with E-state index in [0.717, 1.165) is 0 Å². The van der Waals surface area contributed by atoms with Gasteiger partial charge in [0, 0.05) is 11.3 Å². The first kappa shape index (κ1) is 15.7. The van der Waals surface area contributed by atoms with Gasteiger partial charge in [-0.15, -0.1) is 0 Å². The first-order chi connectivity index (χ1) is 11.5. The molecule has 1 aromatic heterocycles. The van der Waals surface area contributed by atoms with E-state index in [1.807, 2.05) is 0 Å². The van der Waals surface area contributed by atoms with Crippen molar-refractivity contribution in [2.24, 2.45) is 0 Å². The molecule has 0 fully saturated rings. The van der Waals surface area contributed by atoms with Gasteiger partial charge in [0.25, 0.3) is 5.91 Å². The topological polar surface area (TPSA) is 81.4 Å². The average molecular weight is 324 g/mol. The number of hydrogen-bond acceptors (Lipinski definition) is 5. The van der Waals surface area contributed by atoms with Gasteiger partial charge in [-0.2, -0.15) is 0 Å². The molecule has 1 heterocycles. The van der Waals surface area contributed by atoms with Crippen LogP contribution in [0.4, 0.5) is 5.69 Å². The summed E-state index contributed by atoms with van der Waals surface area (Å²) < 4.78 is 10.3. The van der Waals surface area contributed by atoms with E-state index in [0.29, 0.717) is 27.9 Å². The van der Waals surface area contributed by atoms with Crippen LogP contribution < -0.4 is 5.32 Å². The average Bonchev–Trinajstić information content (AvgIpc) is 3.02. The van der Waals surface area contributed by atoms with Crippen LogP contribution in [0.1, 0.15) is 34.6 Å². The molecule has 1 N–H and O–H groups in total. The quantitative estimate of drug-likeness (QED) is 0.741. The molecular formula is C18H16N2O4.